The molecule has 1 aromatic carbocycles. The summed E-state index contributed by atoms with van der Waals surface area (Å²) in [5.74, 6) is -0.652. The van der Waals surface area contributed by atoms with E-state index < -0.39 is 12.0 Å². The van der Waals surface area contributed by atoms with E-state index in [0.29, 0.717) is 24.0 Å². The quantitative estimate of drug-likeness (QED) is 0.650. The molecule has 1 atom stereocenters. The molecular weight excluding hydrogens is 258 g/mol. The Morgan fingerprint density at radius 2 is 2.00 bits per heavy atom. The summed E-state index contributed by atoms with van der Waals surface area (Å²) >= 11 is 0. The maximum absolute atomic E-state index is 12.1. The zero-order chi connectivity index (χ0) is 14.5. The van der Waals surface area contributed by atoms with Crippen molar-refractivity contribution in [3.05, 3.63) is 29.8 Å². The summed E-state index contributed by atoms with van der Waals surface area (Å²) in [6.07, 6.45) is 1.99. The Morgan fingerprint density at radius 3 is 2.50 bits per heavy atom. The van der Waals surface area contributed by atoms with Crippen molar-refractivity contribution in [2.75, 3.05) is 6.61 Å². The number of carbonyl (C=O) groups excluding carboxylic acids is 2. The molecule has 5 heteroatoms. The van der Waals surface area contributed by atoms with E-state index in [1.54, 1.807) is 29.6 Å². The first-order chi connectivity index (χ1) is 9.60. The lowest BCUT2D eigenvalue weighted by molar-refractivity contribution is -0.695. The van der Waals surface area contributed by atoms with Gasteiger partial charge >= 0.3 is 0 Å². The molecule has 0 aliphatic heterocycles. The molecule has 0 spiro atoms. The Kier molecular flexibility index (Phi) is 4.74. The summed E-state index contributed by atoms with van der Waals surface area (Å²) in [6, 6.07) is 6.31. The highest BCUT2D eigenvalue weighted by Gasteiger charge is 2.31. The number of nitrogens with two attached hydrogens (primary N) is 1. The van der Waals surface area contributed by atoms with Crippen molar-refractivity contribution in [2.45, 2.75) is 38.3 Å². The van der Waals surface area contributed by atoms with Crippen LogP contribution in [0.5, 0.6) is 5.75 Å². The third-order valence-electron chi connectivity index (χ3n) is 3.32. The van der Waals surface area contributed by atoms with Gasteiger partial charge in [-0.15, -0.1) is 0 Å². The van der Waals surface area contributed by atoms with Crippen molar-refractivity contribution >= 4 is 11.8 Å². The van der Waals surface area contributed by atoms with Crippen LogP contribution in [-0.4, -0.2) is 30.4 Å². The summed E-state index contributed by atoms with van der Waals surface area (Å²) in [5, 5.41) is 12.8. The zero-order valence-corrected chi connectivity index (χ0v) is 11.5. The first-order valence-electron chi connectivity index (χ1n) is 6.92. The summed E-state index contributed by atoms with van der Waals surface area (Å²) in [4.78, 5) is 23.1. The Bertz CT molecular complexity index is 479. The molecule has 108 valence electrons. The average molecular weight is 277 g/mol. The van der Waals surface area contributed by atoms with Crippen molar-refractivity contribution in [3.8, 4) is 5.75 Å². The number of carboxylic acid groups (broad SMARTS) is 1. The second kappa shape index (κ2) is 6.52. The highest BCUT2D eigenvalue weighted by molar-refractivity contribution is 5.98. The number of ketones is 1. The lowest BCUT2D eigenvalue weighted by Gasteiger charge is -2.15. The van der Waals surface area contributed by atoms with Crippen molar-refractivity contribution in [3.63, 3.8) is 0 Å². The van der Waals surface area contributed by atoms with E-state index in [2.05, 4.69) is 0 Å². The molecular formula is C15H19NO4. The Morgan fingerprint density at radius 1 is 1.35 bits per heavy atom. The van der Waals surface area contributed by atoms with Gasteiger partial charge in [-0.1, -0.05) is 0 Å². The first kappa shape index (κ1) is 14.5. The van der Waals surface area contributed by atoms with Crippen molar-refractivity contribution < 1.29 is 24.7 Å². The minimum absolute atomic E-state index is 0.0349. The molecule has 20 heavy (non-hydrogen) atoms. The van der Waals surface area contributed by atoms with Crippen LogP contribution in [-0.2, 0) is 4.79 Å². The van der Waals surface area contributed by atoms with Gasteiger partial charge in [-0.2, -0.15) is 0 Å². The van der Waals surface area contributed by atoms with Gasteiger partial charge in [-0.3, -0.25) is 4.79 Å². The molecule has 1 saturated carbocycles. The molecule has 0 unspecified atom stereocenters. The smallest absolute Gasteiger partial charge is 0.169 e. The third kappa shape index (κ3) is 4.06. The first-order valence-corrected chi connectivity index (χ1v) is 6.92. The molecule has 2 rings (SSSR count). The van der Waals surface area contributed by atoms with E-state index in [0.717, 1.165) is 12.8 Å². The van der Waals surface area contributed by atoms with Gasteiger partial charge < -0.3 is 20.0 Å². The molecule has 0 aromatic heterocycles. The number of hydrogen-bond donors (Lipinski definition) is 1. The van der Waals surface area contributed by atoms with Crippen molar-refractivity contribution in [2.24, 2.45) is 0 Å². The summed E-state index contributed by atoms with van der Waals surface area (Å²) in [5.41, 5.74) is 0.504. The van der Waals surface area contributed by atoms with Crippen LogP contribution < -0.4 is 15.2 Å². The number of quaternary nitrogens is 1. The van der Waals surface area contributed by atoms with Gasteiger partial charge in [0.05, 0.1) is 25.0 Å². The highest BCUT2D eigenvalue weighted by atomic mass is 16.5. The van der Waals surface area contributed by atoms with Crippen LogP contribution in [0.1, 0.15) is 36.5 Å². The lowest BCUT2D eigenvalue weighted by atomic mass is 10.0. The van der Waals surface area contributed by atoms with Gasteiger partial charge in [0.1, 0.15) is 11.8 Å². The number of ether oxygens (including phenoxy) is 1. The third-order valence-corrected chi connectivity index (χ3v) is 3.32. The highest BCUT2D eigenvalue weighted by Crippen LogP contribution is 2.16. The van der Waals surface area contributed by atoms with E-state index in [4.69, 9.17) is 4.74 Å². The molecule has 0 saturated heterocycles. The predicted molar refractivity (Wildman–Crippen MR) is 70.3 cm³/mol. The number of rotatable bonds is 8. The van der Waals surface area contributed by atoms with Crippen molar-refractivity contribution in [1.82, 2.24) is 0 Å². The zero-order valence-electron chi connectivity index (χ0n) is 11.5. The van der Waals surface area contributed by atoms with E-state index >= 15 is 0 Å². The van der Waals surface area contributed by atoms with Gasteiger partial charge in [0.15, 0.2) is 5.78 Å². The number of hydrogen-bond acceptors (Lipinski definition) is 4. The molecule has 0 heterocycles. The Balaban J connectivity index is 1.96. The van der Waals surface area contributed by atoms with E-state index in [1.165, 1.54) is 0 Å². The molecule has 0 amide bonds. The second-order valence-corrected chi connectivity index (χ2v) is 5.04. The van der Waals surface area contributed by atoms with Crippen LogP contribution >= 0.6 is 0 Å². The molecule has 1 aliphatic carbocycles. The average Bonchev–Trinajstić information content (AvgIpc) is 3.23. The summed E-state index contributed by atoms with van der Waals surface area (Å²) in [6.45, 7) is 2.45. The molecule has 1 fully saturated rings. The standard InChI is InChI=1S/C15H19NO4/c1-2-20-12-7-3-10(4-8-12)14(17)9-13(15(18)19)16-11-5-6-11/h3-4,7-8,11,13,16H,2,5-6,9H2,1H3,(H,18,19)/t13-/m1/s1. The van der Waals surface area contributed by atoms with Gasteiger partial charge in [0, 0.05) is 18.4 Å². The van der Waals surface area contributed by atoms with Crippen LogP contribution in [0.3, 0.4) is 0 Å². The lowest BCUT2D eigenvalue weighted by Crippen LogP contribution is -2.94. The Hall–Kier alpha value is -1.88. The predicted octanol–water partition coefficient (Wildman–Crippen LogP) is -0.498. The minimum atomic E-state index is -1.17. The van der Waals surface area contributed by atoms with Gasteiger partial charge in [0.2, 0.25) is 0 Å². The van der Waals surface area contributed by atoms with Crippen LogP contribution in [0.15, 0.2) is 24.3 Å². The number of carboxylic acids is 1. The molecule has 1 aliphatic rings. The number of Topliss-reactive ketones (excluding diaryl/α,β-unsaturated/α-hetero) is 1. The number of benzene rings is 1. The van der Waals surface area contributed by atoms with Gasteiger partial charge in [0.25, 0.3) is 0 Å². The van der Waals surface area contributed by atoms with E-state index in [-0.39, 0.29) is 12.2 Å². The largest absolute Gasteiger partial charge is 0.544 e. The second-order valence-electron chi connectivity index (χ2n) is 5.04. The molecule has 2 N–H and O–H groups in total. The fraction of sp³-hybridized carbons (Fsp3) is 0.467. The van der Waals surface area contributed by atoms with E-state index in [9.17, 15) is 14.7 Å². The number of carbonyl (C=O) groups is 2. The fourth-order valence-corrected chi connectivity index (χ4v) is 2.07. The summed E-state index contributed by atoms with van der Waals surface area (Å²) in [7, 11) is 0. The van der Waals surface area contributed by atoms with Crippen LogP contribution in [0, 0.1) is 0 Å². The SMILES string of the molecule is CCOc1ccc(C(=O)C[C@@H]([NH2+]C2CC2)C(=O)[O-])cc1. The van der Waals surface area contributed by atoms with Crippen LogP contribution in [0.25, 0.3) is 0 Å². The normalized spacial score (nSPS) is 15.7. The van der Waals surface area contributed by atoms with Crippen molar-refractivity contribution in [1.29, 1.82) is 0 Å². The van der Waals surface area contributed by atoms with Gasteiger partial charge in [-0.05, 0) is 31.2 Å². The number of aliphatic carboxylic acids is 1. The van der Waals surface area contributed by atoms with E-state index in [1.807, 2.05) is 6.92 Å². The minimum Gasteiger partial charge on any atom is -0.544 e. The molecule has 5 nitrogen and oxygen atoms in total. The maximum atomic E-state index is 12.1. The monoisotopic (exact) mass is 277 g/mol. The van der Waals surface area contributed by atoms with Gasteiger partial charge in [-0.25, -0.2) is 0 Å². The Labute approximate surface area is 117 Å². The topological polar surface area (TPSA) is 83.0 Å². The summed E-state index contributed by atoms with van der Waals surface area (Å²) < 4.78 is 5.30. The molecule has 0 bridgehead atoms. The fourth-order valence-electron chi connectivity index (χ4n) is 2.07. The maximum Gasteiger partial charge on any atom is 0.169 e. The van der Waals surface area contributed by atoms with Crippen LogP contribution in [0.4, 0.5) is 0 Å². The van der Waals surface area contributed by atoms with Crippen LogP contribution in [0.2, 0.25) is 0 Å². The molecule has 1 aromatic rings. The molecule has 0 radical (unpaired) electrons.